The second-order valence-corrected chi connectivity index (χ2v) is 9.00. The van der Waals surface area contributed by atoms with Gasteiger partial charge in [-0.05, 0) is 37.6 Å². The van der Waals surface area contributed by atoms with Crippen LogP contribution < -0.4 is 19.1 Å². The lowest BCUT2D eigenvalue weighted by Gasteiger charge is -2.29. The largest absolute Gasteiger partial charge is 0.486 e. The number of nitrogens with zero attached hydrogens (tertiary/aromatic N) is 2. The number of ether oxygens (including phenoxy) is 2. The van der Waals surface area contributed by atoms with Crippen LogP contribution in [0.3, 0.4) is 0 Å². The lowest BCUT2D eigenvalue weighted by atomic mass is 10.1. The van der Waals surface area contributed by atoms with E-state index in [9.17, 15) is 23.3 Å². The van der Waals surface area contributed by atoms with Crippen LogP contribution in [-0.4, -0.2) is 44.8 Å². The van der Waals surface area contributed by atoms with E-state index in [4.69, 9.17) is 9.47 Å². The predicted octanol–water partition coefficient (Wildman–Crippen LogP) is 2.40. The van der Waals surface area contributed by atoms with Crippen molar-refractivity contribution in [1.29, 1.82) is 0 Å². The Kier molecular flexibility index (Phi) is 6.34. The summed E-state index contributed by atoms with van der Waals surface area (Å²) in [6, 6.07) is 8.86. The summed E-state index contributed by atoms with van der Waals surface area (Å²) in [7, 11) is -3.90. The van der Waals surface area contributed by atoms with Gasteiger partial charge in [0.2, 0.25) is 15.9 Å². The van der Waals surface area contributed by atoms with Gasteiger partial charge in [0.15, 0.2) is 11.5 Å². The number of nitro benzene ring substituents is 1. The van der Waals surface area contributed by atoms with Crippen molar-refractivity contribution in [1.82, 2.24) is 5.32 Å². The highest BCUT2D eigenvalue weighted by Crippen LogP contribution is 2.33. The van der Waals surface area contributed by atoms with E-state index in [0.29, 0.717) is 24.7 Å². The quantitative estimate of drug-likeness (QED) is 0.508. The van der Waals surface area contributed by atoms with Crippen LogP contribution in [0.5, 0.6) is 11.5 Å². The van der Waals surface area contributed by atoms with Crippen molar-refractivity contribution < 1.29 is 27.6 Å². The van der Waals surface area contributed by atoms with E-state index >= 15 is 0 Å². The Balaban J connectivity index is 1.82. The molecule has 1 aliphatic heterocycles. The topological polar surface area (TPSA) is 128 Å². The van der Waals surface area contributed by atoms with Gasteiger partial charge in [-0.1, -0.05) is 12.1 Å². The molecule has 2 aromatic carbocycles. The summed E-state index contributed by atoms with van der Waals surface area (Å²) in [4.78, 5) is 23.3. The number of carbonyl (C=O) groups is 1. The molecule has 0 aliphatic carbocycles. The van der Waals surface area contributed by atoms with Crippen molar-refractivity contribution in [3.8, 4) is 11.5 Å². The number of rotatable bonds is 7. The highest BCUT2D eigenvalue weighted by atomic mass is 32.2. The molecule has 3 rings (SSSR count). The number of amides is 1. The lowest BCUT2D eigenvalue weighted by molar-refractivity contribution is -0.384. The first kappa shape index (κ1) is 22.3. The number of carbonyl (C=O) groups excluding carboxylic acids is 1. The predicted molar refractivity (Wildman–Crippen MR) is 114 cm³/mol. The highest BCUT2D eigenvalue weighted by Gasteiger charge is 2.31. The molecule has 0 aromatic heterocycles. The van der Waals surface area contributed by atoms with Gasteiger partial charge in [-0.2, -0.15) is 0 Å². The summed E-state index contributed by atoms with van der Waals surface area (Å²) in [6.07, 6.45) is 0.944. The molecule has 11 heteroatoms. The average molecular weight is 449 g/mol. The fourth-order valence-corrected chi connectivity index (χ4v) is 4.47. The second-order valence-electron chi connectivity index (χ2n) is 7.15. The average Bonchev–Trinajstić information content (AvgIpc) is 2.72. The Morgan fingerprint density at radius 1 is 1.13 bits per heavy atom. The number of fused-ring (bicyclic) bond motifs is 1. The SMILES string of the molecule is C[C@H](NC(=O)[C@@H](C)N(c1cccc([N+](=O)[O-])c1)S(C)(=O)=O)c1ccc2c(c1)OCCO2. The summed E-state index contributed by atoms with van der Waals surface area (Å²) in [5.74, 6) is 0.641. The number of anilines is 1. The molecular weight excluding hydrogens is 426 g/mol. The third-order valence-corrected chi connectivity index (χ3v) is 6.05. The van der Waals surface area contributed by atoms with E-state index in [1.165, 1.54) is 25.1 Å². The van der Waals surface area contributed by atoms with Crippen LogP contribution in [0.25, 0.3) is 0 Å². The molecule has 2 aromatic rings. The minimum Gasteiger partial charge on any atom is -0.486 e. The van der Waals surface area contributed by atoms with E-state index in [0.717, 1.165) is 22.2 Å². The zero-order valence-corrected chi connectivity index (χ0v) is 18.1. The van der Waals surface area contributed by atoms with Gasteiger partial charge in [0, 0.05) is 12.1 Å². The Labute approximate surface area is 180 Å². The van der Waals surface area contributed by atoms with E-state index in [-0.39, 0.29) is 11.4 Å². The monoisotopic (exact) mass is 449 g/mol. The summed E-state index contributed by atoms with van der Waals surface area (Å²) in [5, 5.41) is 13.9. The van der Waals surface area contributed by atoms with Crippen LogP contribution in [0, 0.1) is 10.1 Å². The maximum absolute atomic E-state index is 12.9. The third-order valence-electron chi connectivity index (χ3n) is 4.81. The maximum Gasteiger partial charge on any atom is 0.271 e. The molecule has 1 amide bonds. The number of nitrogens with one attached hydrogen (secondary N) is 1. The van der Waals surface area contributed by atoms with E-state index < -0.39 is 32.9 Å². The van der Waals surface area contributed by atoms with E-state index in [1.807, 2.05) is 0 Å². The zero-order chi connectivity index (χ0) is 22.8. The van der Waals surface area contributed by atoms with Gasteiger partial charge in [0.05, 0.1) is 22.9 Å². The first-order valence-corrected chi connectivity index (χ1v) is 11.4. The molecule has 0 saturated carbocycles. The molecule has 0 saturated heterocycles. The van der Waals surface area contributed by atoms with E-state index in [1.54, 1.807) is 25.1 Å². The van der Waals surface area contributed by atoms with Crippen molar-refractivity contribution >= 4 is 27.3 Å². The molecular formula is C20H23N3O7S. The van der Waals surface area contributed by atoms with Gasteiger partial charge in [-0.25, -0.2) is 8.42 Å². The second kappa shape index (κ2) is 8.80. The molecule has 0 unspecified atom stereocenters. The minimum atomic E-state index is -3.90. The molecule has 0 radical (unpaired) electrons. The van der Waals surface area contributed by atoms with Crippen LogP contribution in [-0.2, 0) is 14.8 Å². The molecule has 1 N–H and O–H groups in total. The number of non-ortho nitro benzene ring substituents is 1. The molecule has 0 spiro atoms. The van der Waals surface area contributed by atoms with Crippen LogP contribution in [0.4, 0.5) is 11.4 Å². The highest BCUT2D eigenvalue weighted by molar-refractivity contribution is 7.92. The standard InChI is InChI=1S/C20H23N3O7S/c1-13(15-7-8-18-19(11-15)30-10-9-29-18)21-20(24)14(2)22(31(3,27)28)16-5-4-6-17(12-16)23(25)26/h4-8,11-14H,9-10H2,1-3H3,(H,21,24)/t13-,14+/m0/s1. The van der Waals surface area contributed by atoms with Gasteiger partial charge in [-0.15, -0.1) is 0 Å². The van der Waals surface area contributed by atoms with Gasteiger partial charge in [0.25, 0.3) is 5.69 Å². The molecule has 0 fully saturated rings. The van der Waals surface area contributed by atoms with Gasteiger partial charge >= 0.3 is 0 Å². The molecule has 31 heavy (non-hydrogen) atoms. The summed E-state index contributed by atoms with van der Waals surface area (Å²) >= 11 is 0. The molecule has 166 valence electrons. The first-order valence-electron chi connectivity index (χ1n) is 9.51. The molecule has 1 heterocycles. The first-order chi connectivity index (χ1) is 14.6. The zero-order valence-electron chi connectivity index (χ0n) is 17.3. The summed E-state index contributed by atoms with van der Waals surface area (Å²) in [5.41, 5.74) is 0.515. The molecule has 10 nitrogen and oxygen atoms in total. The molecule has 0 bridgehead atoms. The van der Waals surface area contributed by atoms with Gasteiger partial charge in [-0.3, -0.25) is 19.2 Å². The Bertz CT molecular complexity index is 1100. The number of sulfonamides is 1. The Morgan fingerprint density at radius 2 is 1.81 bits per heavy atom. The molecule has 1 aliphatic rings. The van der Waals surface area contributed by atoms with Crippen molar-refractivity contribution in [2.75, 3.05) is 23.8 Å². The fourth-order valence-electron chi connectivity index (χ4n) is 3.30. The number of hydrogen-bond donors (Lipinski definition) is 1. The van der Waals surface area contributed by atoms with Crippen LogP contribution in [0.2, 0.25) is 0 Å². The summed E-state index contributed by atoms with van der Waals surface area (Å²) < 4.78 is 36.8. The minimum absolute atomic E-state index is 0.0336. The number of benzene rings is 2. The van der Waals surface area contributed by atoms with Crippen molar-refractivity contribution in [3.63, 3.8) is 0 Å². The number of nitro groups is 1. The third kappa shape index (κ3) is 5.05. The smallest absolute Gasteiger partial charge is 0.271 e. The normalized spacial score (nSPS) is 14.9. The van der Waals surface area contributed by atoms with E-state index in [2.05, 4.69) is 5.32 Å². The van der Waals surface area contributed by atoms with Crippen LogP contribution >= 0.6 is 0 Å². The van der Waals surface area contributed by atoms with Crippen molar-refractivity contribution in [2.24, 2.45) is 0 Å². The Hall–Kier alpha value is -3.34. The van der Waals surface area contributed by atoms with Gasteiger partial charge < -0.3 is 14.8 Å². The Morgan fingerprint density at radius 3 is 2.45 bits per heavy atom. The summed E-state index contributed by atoms with van der Waals surface area (Å²) in [6.45, 7) is 4.08. The lowest BCUT2D eigenvalue weighted by Crippen LogP contribution is -2.48. The van der Waals surface area contributed by atoms with Crippen LogP contribution in [0.15, 0.2) is 42.5 Å². The van der Waals surface area contributed by atoms with Crippen molar-refractivity contribution in [2.45, 2.75) is 25.9 Å². The van der Waals surface area contributed by atoms with Crippen LogP contribution in [0.1, 0.15) is 25.5 Å². The number of hydrogen-bond acceptors (Lipinski definition) is 7. The maximum atomic E-state index is 12.9. The van der Waals surface area contributed by atoms with Gasteiger partial charge in [0.1, 0.15) is 19.3 Å². The fraction of sp³-hybridized carbons (Fsp3) is 0.350. The van der Waals surface area contributed by atoms with Crippen molar-refractivity contribution in [3.05, 3.63) is 58.1 Å². The molecule has 2 atom stereocenters.